The van der Waals surface area contributed by atoms with E-state index in [2.05, 4.69) is 219 Å². The minimum Gasteiger partial charge on any atom is -0.311 e. The van der Waals surface area contributed by atoms with Crippen LogP contribution in [-0.2, 0) is 5.41 Å². The second-order valence-electron chi connectivity index (χ2n) is 14.2. The summed E-state index contributed by atoms with van der Waals surface area (Å²) in [6.07, 6.45) is 0. The molecule has 0 aliphatic heterocycles. The van der Waals surface area contributed by atoms with E-state index in [1.165, 1.54) is 66.8 Å². The van der Waals surface area contributed by atoms with Gasteiger partial charge >= 0.3 is 0 Å². The average Bonchev–Trinajstić information content (AvgIpc) is 3.45. The molecule has 1 heteroatoms. The van der Waals surface area contributed by atoms with Crippen molar-refractivity contribution in [2.24, 2.45) is 0 Å². The van der Waals surface area contributed by atoms with Crippen LogP contribution in [0.25, 0.3) is 55.6 Å². The van der Waals surface area contributed by atoms with Gasteiger partial charge in [-0.05, 0) is 109 Å². The van der Waals surface area contributed by atoms with E-state index in [0.717, 1.165) is 17.1 Å². The summed E-state index contributed by atoms with van der Waals surface area (Å²) >= 11 is 0. The van der Waals surface area contributed by atoms with Crippen LogP contribution in [0.4, 0.5) is 17.1 Å². The quantitative estimate of drug-likeness (QED) is 0.164. The Hall–Kier alpha value is -6.44. The average molecular weight is 666 g/mol. The molecule has 0 saturated heterocycles. The summed E-state index contributed by atoms with van der Waals surface area (Å²) in [4.78, 5) is 2.35. The lowest BCUT2D eigenvalue weighted by Gasteiger charge is -2.26. The molecule has 0 unspecified atom stereocenters. The number of anilines is 3. The van der Waals surface area contributed by atoms with Crippen molar-refractivity contribution >= 4 is 17.1 Å². The third-order valence-electron chi connectivity index (χ3n) is 10.7. The van der Waals surface area contributed by atoms with Gasteiger partial charge in [-0.25, -0.2) is 0 Å². The highest BCUT2D eigenvalue weighted by Gasteiger charge is 2.37. The van der Waals surface area contributed by atoms with Crippen molar-refractivity contribution in [1.29, 1.82) is 0 Å². The molecule has 8 aromatic rings. The van der Waals surface area contributed by atoms with Crippen molar-refractivity contribution in [3.63, 3.8) is 0 Å². The Morgan fingerprint density at radius 3 is 1.19 bits per heavy atom. The van der Waals surface area contributed by atoms with Crippen LogP contribution in [0.15, 0.2) is 200 Å². The van der Waals surface area contributed by atoms with Gasteiger partial charge in [-0.15, -0.1) is 0 Å². The largest absolute Gasteiger partial charge is 0.311 e. The van der Waals surface area contributed by atoms with E-state index >= 15 is 0 Å². The topological polar surface area (TPSA) is 3.24 Å². The molecule has 0 saturated carbocycles. The van der Waals surface area contributed by atoms with Crippen LogP contribution in [0, 0.1) is 0 Å². The predicted octanol–water partition coefficient (Wildman–Crippen LogP) is 14.1. The fourth-order valence-electron chi connectivity index (χ4n) is 7.94. The fraction of sp³-hybridized carbons (Fsp3) is 0.0588. The number of hydrogen-bond donors (Lipinski definition) is 0. The van der Waals surface area contributed by atoms with E-state index in [1.807, 2.05) is 0 Å². The Morgan fingerprint density at radius 1 is 0.308 bits per heavy atom. The lowest BCUT2D eigenvalue weighted by Crippen LogP contribution is -2.15. The van der Waals surface area contributed by atoms with Gasteiger partial charge in [0, 0.05) is 22.5 Å². The maximum absolute atomic E-state index is 2.42. The molecule has 0 spiro atoms. The minimum atomic E-state index is -0.0972. The van der Waals surface area contributed by atoms with Gasteiger partial charge < -0.3 is 4.90 Å². The van der Waals surface area contributed by atoms with Gasteiger partial charge in [0.15, 0.2) is 0 Å². The van der Waals surface area contributed by atoms with E-state index in [1.54, 1.807) is 0 Å². The molecule has 8 aromatic carbocycles. The van der Waals surface area contributed by atoms with Crippen molar-refractivity contribution in [3.8, 4) is 55.6 Å². The smallest absolute Gasteiger partial charge is 0.0462 e. The molecule has 1 aliphatic carbocycles. The van der Waals surface area contributed by atoms with Crippen LogP contribution in [0.2, 0.25) is 0 Å². The Kier molecular flexibility index (Phi) is 7.90. The standard InChI is InChI=1S/C51H39N/c1-51(2)48-20-12-19-46(41-17-10-5-11-18-41)50(48)47-34-27-42(35-49(47)51)40-25-32-45(33-26-40)52(43-28-21-38(22-29-43)36-13-6-3-7-14-36)44-30-23-39(24-31-44)37-15-8-4-9-16-37/h3-35H,1-2H3. The highest BCUT2D eigenvalue weighted by molar-refractivity contribution is 5.93. The molecular weight excluding hydrogens is 627 g/mol. The van der Waals surface area contributed by atoms with E-state index in [4.69, 9.17) is 0 Å². The molecule has 0 fully saturated rings. The van der Waals surface area contributed by atoms with Crippen LogP contribution in [0.5, 0.6) is 0 Å². The zero-order valence-corrected chi connectivity index (χ0v) is 29.5. The van der Waals surface area contributed by atoms with E-state index in [-0.39, 0.29) is 5.41 Å². The number of benzene rings is 8. The zero-order chi connectivity index (χ0) is 35.1. The van der Waals surface area contributed by atoms with Crippen LogP contribution in [0.3, 0.4) is 0 Å². The Morgan fingerprint density at radius 2 is 0.712 bits per heavy atom. The van der Waals surface area contributed by atoms with Crippen molar-refractivity contribution < 1.29 is 0 Å². The molecule has 0 atom stereocenters. The molecule has 248 valence electrons. The molecule has 1 nitrogen and oxygen atoms in total. The monoisotopic (exact) mass is 665 g/mol. The van der Waals surface area contributed by atoms with Crippen molar-refractivity contribution in [3.05, 3.63) is 211 Å². The first kappa shape index (κ1) is 31.5. The maximum Gasteiger partial charge on any atom is 0.0462 e. The number of hydrogen-bond acceptors (Lipinski definition) is 1. The van der Waals surface area contributed by atoms with Gasteiger partial charge in [-0.1, -0.05) is 172 Å². The molecular formula is C51H39N. The van der Waals surface area contributed by atoms with Crippen LogP contribution < -0.4 is 4.90 Å². The molecule has 0 aromatic heterocycles. The summed E-state index contributed by atoms with van der Waals surface area (Å²) in [5.74, 6) is 0. The van der Waals surface area contributed by atoms with Crippen LogP contribution >= 0.6 is 0 Å². The van der Waals surface area contributed by atoms with Gasteiger partial charge in [0.2, 0.25) is 0 Å². The molecule has 1 aliphatic rings. The Bertz CT molecular complexity index is 2400. The second kappa shape index (κ2) is 13.0. The molecule has 0 radical (unpaired) electrons. The molecule has 52 heavy (non-hydrogen) atoms. The van der Waals surface area contributed by atoms with Crippen LogP contribution in [-0.4, -0.2) is 0 Å². The molecule has 0 heterocycles. The molecule has 0 amide bonds. The fourth-order valence-corrected chi connectivity index (χ4v) is 7.94. The number of fused-ring (bicyclic) bond motifs is 3. The molecule has 0 N–H and O–H groups in total. The summed E-state index contributed by atoms with van der Waals surface area (Å²) in [6.45, 7) is 4.73. The maximum atomic E-state index is 2.42. The van der Waals surface area contributed by atoms with E-state index < -0.39 is 0 Å². The third-order valence-corrected chi connectivity index (χ3v) is 10.7. The summed E-state index contributed by atoms with van der Waals surface area (Å²) in [7, 11) is 0. The van der Waals surface area contributed by atoms with Crippen molar-refractivity contribution in [2.75, 3.05) is 4.90 Å². The van der Waals surface area contributed by atoms with Crippen molar-refractivity contribution in [2.45, 2.75) is 19.3 Å². The number of nitrogens with zero attached hydrogens (tertiary/aromatic N) is 1. The summed E-state index contributed by atoms with van der Waals surface area (Å²) in [6, 6.07) is 72.6. The lowest BCUT2D eigenvalue weighted by molar-refractivity contribution is 0.660. The predicted molar refractivity (Wildman–Crippen MR) is 220 cm³/mol. The second-order valence-corrected chi connectivity index (χ2v) is 14.2. The van der Waals surface area contributed by atoms with Gasteiger partial charge in [-0.3, -0.25) is 0 Å². The highest BCUT2D eigenvalue weighted by atomic mass is 15.1. The van der Waals surface area contributed by atoms with Crippen molar-refractivity contribution in [1.82, 2.24) is 0 Å². The van der Waals surface area contributed by atoms with E-state index in [9.17, 15) is 0 Å². The van der Waals surface area contributed by atoms with Crippen LogP contribution in [0.1, 0.15) is 25.0 Å². The van der Waals surface area contributed by atoms with Gasteiger partial charge in [-0.2, -0.15) is 0 Å². The number of rotatable bonds is 7. The van der Waals surface area contributed by atoms with Gasteiger partial charge in [0.05, 0.1) is 0 Å². The van der Waals surface area contributed by atoms with Gasteiger partial charge in [0.1, 0.15) is 0 Å². The normalized spacial score (nSPS) is 12.6. The SMILES string of the molecule is CC1(C)c2cc(-c3ccc(N(c4ccc(-c5ccccc5)cc4)c4ccc(-c5ccccc5)cc4)cc3)ccc2-c2c(-c3ccccc3)cccc21. The third kappa shape index (κ3) is 5.61. The van der Waals surface area contributed by atoms with Gasteiger partial charge in [0.25, 0.3) is 0 Å². The molecule has 9 rings (SSSR count). The lowest BCUT2D eigenvalue weighted by atomic mass is 9.81. The zero-order valence-electron chi connectivity index (χ0n) is 29.5. The summed E-state index contributed by atoms with van der Waals surface area (Å²) in [5.41, 5.74) is 18.6. The first-order valence-corrected chi connectivity index (χ1v) is 18.1. The summed E-state index contributed by atoms with van der Waals surface area (Å²) < 4.78 is 0. The Balaban J connectivity index is 1.08. The Labute approximate surface area is 307 Å². The molecule has 0 bridgehead atoms. The minimum absolute atomic E-state index is 0.0972. The summed E-state index contributed by atoms with van der Waals surface area (Å²) in [5, 5.41) is 0. The first-order chi connectivity index (χ1) is 25.5. The highest BCUT2D eigenvalue weighted by Crippen LogP contribution is 2.53. The van der Waals surface area contributed by atoms with E-state index in [0.29, 0.717) is 0 Å². The first-order valence-electron chi connectivity index (χ1n) is 18.1.